The lowest BCUT2D eigenvalue weighted by atomic mass is 10.2. The Labute approximate surface area is 138 Å². The van der Waals surface area contributed by atoms with E-state index in [1.807, 2.05) is 60.7 Å². The molecule has 2 nitrogen and oxygen atoms in total. The lowest BCUT2D eigenvalue weighted by Gasteiger charge is -2.06. The molecule has 0 saturated carbocycles. The smallest absolute Gasteiger partial charge is 0.173 e. The van der Waals surface area contributed by atoms with Crippen molar-refractivity contribution in [2.75, 3.05) is 5.75 Å². The molecule has 0 aromatic heterocycles. The summed E-state index contributed by atoms with van der Waals surface area (Å²) in [6.45, 7) is 0.708. The van der Waals surface area contributed by atoms with E-state index >= 15 is 0 Å². The first-order valence-corrected chi connectivity index (χ1v) is 9.18. The van der Waals surface area contributed by atoms with Crippen LogP contribution in [0.25, 0.3) is 0 Å². The number of Topliss-reactive ketones (excluding diaryl/α,β-unsaturated/α-hetero) is 1. The van der Waals surface area contributed by atoms with Gasteiger partial charge in [0.05, 0.1) is 5.75 Å². The molecular formula is C16H15NOS3. The summed E-state index contributed by atoms with van der Waals surface area (Å²) in [6.07, 6.45) is 0. The minimum atomic E-state index is 0.124. The SMILES string of the molecule is O=C(CSSC(=S)NCc1ccccc1)c1ccccc1. The van der Waals surface area contributed by atoms with Gasteiger partial charge in [-0.15, -0.1) is 0 Å². The highest BCUT2D eigenvalue weighted by molar-refractivity contribution is 8.83. The molecule has 0 atom stereocenters. The summed E-state index contributed by atoms with van der Waals surface area (Å²) in [6, 6.07) is 19.4. The normalized spacial score (nSPS) is 10.1. The van der Waals surface area contributed by atoms with Crippen molar-refractivity contribution in [3.05, 3.63) is 71.8 Å². The lowest BCUT2D eigenvalue weighted by Crippen LogP contribution is -2.17. The van der Waals surface area contributed by atoms with E-state index in [2.05, 4.69) is 5.32 Å². The number of thiocarbonyl (C=S) groups is 1. The van der Waals surface area contributed by atoms with Gasteiger partial charge in [-0.3, -0.25) is 4.79 Å². The summed E-state index contributed by atoms with van der Waals surface area (Å²) in [5.41, 5.74) is 1.93. The molecule has 0 spiro atoms. The van der Waals surface area contributed by atoms with Crippen molar-refractivity contribution in [3.8, 4) is 0 Å². The summed E-state index contributed by atoms with van der Waals surface area (Å²) in [5, 5.41) is 3.17. The Kier molecular flexibility index (Phi) is 6.79. The van der Waals surface area contributed by atoms with Gasteiger partial charge in [-0.05, 0) is 16.4 Å². The number of hydrogen-bond donors (Lipinski definition) is 1. The van der Waals surface area contributed by atoms with Crippen LogP contribution < -0.4 is 5.32 Å². The Morgan fingerprint density at radius 2 is 1.62 bits per heavy atom. The van der Waals surface area contributed by atoms with Gasteiger partial charge in [-0.25, -0.2) is 0 Å². The summed E-state index contributed by atoms with van der Waals surface area (Å²) in [4.78, 5) is 11.9. The third kappa shape index (κ3) is 5.91. The van der Waals surface area contributed by atoms with Crippen LogP contribution in [0.5, 0.6) is 0 Å². The second kappa shape index (κ2) is 8.87. The van der Waals surface area contributed by atoms with E-state index < -0.39 is 0 Å². The minimum absolute atomic E-state index is 0.124. The van der Waals surface area contributed by atoms with E-state index in [1.165, 1.54) is 27.2 Å². The molecule has 5 heteroatoms. The Morgan fingerprint density at radius 1 is 1.00 bits per heavy atom. The fraction of sp³-hybridized carbons (Fsp3) is 0.125. The maximum absolute atomic E-state index is 11.9. The van der Waals surface area contributed by atoms with Crippen LogP contribution in [0.15, 0.2) is 60.7 Å². The van der Waals surface area contributed by atoms with Gasteiger partial charge in [0.15, 0.2) is 5.78 Å². The fourth-order valence-corrected chi connectivity index (χ4v) is 3.72. The molecule has 0 aliphatic carbocycles. The zero-order chi connectivity index (χ0) is 14.9. The molecule has 2 aromatic carbocycles. The van der Waals surface area contributed by atoms with Crippen molar-refractivity contribution in [1.82, 2.24) is 5.32 Å². The molecule has 0 amide bonds. The number of ketones is 1. The third-order valence-corrected chi connectivity index (χ3v) is 5.41. The van der Waals surface area contributed by atoms with Crippen molar-refractivity contribution in [3.63, 3.8) is 0 Å². The van der Waals surface area contributed by atoms with Crippen LogP contribution in [0, 0.1) is 0 Å². The van der Waals surface area contributed by atoms with Gasteiger partial charge in [-0.2, -0.15) is 0 Å². The van der Waals surface area contributed by atoms with E-state index in [1.54, 1.807) is 0 Å². The summed E-state index contributed by atoms with van der Waals surface area (Å²) >= 11 is 5.24. The predicted octanol–water partition coefficient (Wildman–Crippen LogP) is 4.33. The number of hydrogen-bond acceptors (Lipinski definition) is 4. The molecule has 0 saturated heterocycles. The van der Waals surface area contributed by atoms with Gasteiger partial charge < -0.3 is 5.32 Å². The van der Waals surface area contributed by atoms with E-state index in [0.717, 1.165) is 5.56 Å². The first kappa shape index (κ1) is 16.1. The molecule has 108 valence electrons. The molecule has 0 heterocycles. The number of nitrogens with one attached hydrogen (secondary N) is 1. The predicted molar refractivity (Wildman–Crippen MR) is 96.7 cm³/mol. The fourth-order valence-electron chi connectivity index (χ4n) is 1.64. The highest BCUT2D eigenvalue weighted by atomic mass is 33.1. The molecule has 21 heavy (non-hydrogen) atoms. The standard InChI is InChI=1S/C16H15NOS3/c18-15(14-9-5-2-6-10-14)12-20-21-16(19)17-11-13-7-3-1-4-8-13/h1-10H,11-12H2,(H,17,19). The van der Waals surface area contributed by atoms with Gasteiger partial charge in [0, 0.05) is 12.1 Å². The van der Waals surface area contributed by atoms with Gasteiger partial charge >= 0.3 is 0 Å². The number of carbonyl (C=O) groups is 1. The molecular weight excluding hydrogens is 318 g/mol. The van der Waals surface area contributed by atoms with Gasteiger partial charge in [0.25, 0.3) is 0 Å². The van der Waals surface area contributed by atoms with Gasteiger partial charge in [-0.1, -0.05) is 83.7 Å². The highest BCUT2D eigenvalue weighted by Gasteiger charge is 2.06. The Balaban J connectivity index is 1.66. The summed E-state index contributed by atoms with van der Waals surface area (Å²) < 4.78 is 0.699. The summed E-state index contributed by atoms with van der Waals surface area (Å²) in [7, 11) is 2.90. The van der Waals surface area contributed by atoms with Crippen LogP contribution in [0.2, 0.25) is 0 Å². The first-order valence-electron chi connectivity index (χ1n) is 6.45. The number of rotatable bonds is 6. The molecule has 0 radical (unpaired) electrons. The highest BCUT2D eigenvalue weighted by Crippen LogP contribution is 2.23. The molecule has 0 bridgehead atoms. The maximum Gasteiger partial charge on any atom is 0.173 e. The van der Waals surface area contributed by atoms with Crippen LogP contribution in [-0.2, 0) is 6.54 Å². The lowest BCUT2D eigenvalue weighted by molar-refractivity contribution is 0.102. The van der Waals surface area contributed by atoms with Crippen LogP contribution in [0.1, 0.15) is 15.9 Å². The molecule has 2 aromatic rings. The zero-order valence-corrected chi connectivity index (χ0v) is 13.8. The van der Waals surface area contributed by atoms with Crippen molar-refractivity contribution < 1.29 is 4.79 Å². The second-order valence-corrected chi connectivity index (χ2v) is 7.23. The average molecular weight is 334 g/mol. The molecule has 1 N–H and O–H groups in total. The van der Waals surface area contributed by atoms with Crippen LogP contribution >= 0.6 is 33.8 Å². The third-order valence-electron chi connectivity index (χ3n) is 2.70. The minimum Gasteiger partial charge on any atom is -0.366 e. The Morgan fingerprint density at radius 3 is 2.29 bits per heavy atom. The summed E-state index contributed by atoms with van der Waals surface area (Å²) in [5.74, 6) is 0.543. The number of carbonyl (C=O) groups excluding carboxylic acids is 1. The zero-order valence-electron chi connectivity index (χ0n) is 11.3. The molecule has 0 aliphatic rings. The van der Waals surface area contributed by atoms with Gasteiger partial charge in [0.1, 0.15) is 4.32 Å². The quantitative estimate of drug-likeness (QED) is 0.483. The van der Waals surface area contributed by atoms with E-state index in [4.69, 9.17) is 12.2 Å². The molecule has 0 unspecified atom stereocenters. The van der Waals surface area contributed by atoms with E-state index in [0.29, 0.717) is 16.6 Å². The molecule has 2 rings (SSSR count). The molecule has 0 fully saturated rings. The largest absolute Gasteiger partial charge is 0.366 e. The number of benzene rings is 2. The van der Waals surface area contributed by atoms with Gasteiger partial charge in [0.2, 0.25) is 0 Å². The van der Waals surface area contributed by atoms with E-state index in [9.17, 15) is 4.79 Å². The maximum atomic E-state index is 11.9. The average Bonchev–Trinajstić information content (AvgIpc) is 2.54. The van der Waals surface area contributed by atoms with E-state index in [-0.39, 0.29) is 5.78 Å². The van der Waals surface area contributed by atoms with Crippen molar-refractivity contribution >= 4 is 43.9 Å². The second-order valence-electron chi connectivity index (χ2n) is 4.26. The van der Waals surface area contributed by atoms with Crippen LogP contribution in [0.3, 0.4) is 0 Å². The first-order chi connectivity index (χ1) is 10.3. The monoisotopic (exact) mass is 333 g/mol. The van der Waals surface area contributed by atoms with Crippen molar-refractivity contribution in [2.45, 2.75) is 6.54 Å². The van der Waals surface area contributed by atoms with Crippen molar-refractivity contribution in [2.24, 2.45) is 0 Å². The molecule has 0 aliphatic heterocycles. The Bertz CT molecular complexity index is 587. The topological polar surface area (TPSA) is 29.1 Å². The Hall–Kier alpha value is -1.30. The van der Waals surface area contributed by atoms with Crippen LogP contribution in [0.4, 0.5) is 0 Å². The van der Waals surface area contributed by atoms with Crippen molar-refractivity contribution in [1.29, 1.82) is 0 Å². The van der Waals surface area contributed by atoms with Crippen LogP contribution in [-0.4, -0.2) is 15.9 Å².